The van der Waals surface area contributed by atoms with Crippen molar-refractivity contribution in [3.63, 3.8) is 0 Å². The van der Waals surface area contributed by atoms with Crippen molar-refractivity contribution >= 4 is 10.0 Å². The number of nitrogens with one attached hydrogen (secondary N) is 1. The third-order valence-electron chi connectivity index (χ3n) is 2.12. The van der Waals surface area contributed by atoms with Crippen LogP contribution in [0.5, 0.6) is 0 Å². The topological polar surface area (TPSA) is 66.4 Å². The maximum atomic E-state index is 11.5. The molecule has 15 heavy (non-hydrogen) atoms. The van der Waals surface area contributed by atoms with Gasteiger partial charge in [0.05, 0.1) is 5.75 Å². The van der Waals surface area contributed by atoms with Crippen LogP contribution in [0.15, 0.2) is 12.7 Å². The molecule has 0 aromatic heterocycles. The van der Waals surface area contributed by atoms with Crippen LogP contribution >= 0.6 is 0 Å². The lowest BCUT2D eigenvalue weighted by atomic mass is 9.86. The van der Waals surface area contributed by atoms with E-state index in [0.717, 1.165) is 0 Å². The molecule has 0 amide bonds. The van der Waals surface area contributed by atoms with Crippen LogP contribution < -0.4 is 4.72 Å². The Bertz CT molecular complexity index is 290. The Kier molecular flexibility index (Phi) is 5.48. The van der Waals surface area contributed by atoms with E-state index in [4.69, 9.17) is 5.11 Å². The van der Waals surface area contributed by atoms with Crippen molar-refractivity contribution in [1.29, 1.82) is 0 Å². The van der Waals surface area contributed by atoms with Crippen LogP contribution in [0.3, 0.4) is 0 Å². The van der Waals surface area contributed by atoms with Crippen LogP contribution in [0.4, 0.5) is 0 Å². The van der Waals surface area contributed by atoms with Crippen LogP contribution in [-0.4, -0.2) is 31.9 Å². The van der Waals surface area contributed by atoms with Gasteiger partial charge < -0.3 is 5.11 Å². The molecule has 0 spiro atoms. The lowest BCUT2D eigenvalue weighted by Gasteiger charge is -2.30. The first kappa shape index (κ1) is 14.6. The summed E-state index contributed by atoms with van der Waals surface area (Å²) in [5.74, 6) is -0.0923. The molecule has 0 radical (unpaired) electrons. The molecule has 0 bridgehead atoms. The standard InChI is InChI=1S/C10H21NO3S/c1-5-8-15(13,14)11-9(6-7-12)10(2,3)4/h5,9,11-12H,1,6-8H2,2-4H3. The molecule has 1 atom stereocenters. The fraction of sp³-hybridized carbons (Fsp3) is 0.800. The molecule has 0 rings (SSSR count). The van der Waals surface area contributed by atoms with Crippen LogP contribution in [-0.2, 0) is 10.0 Å². The smallest absolute Gasteiger partial charge is 0.215 e. The first-order chi connectivity index (χ1) is 6.73. The fourth-order valence-electron chi connectivity index (χ4n) is 1.22. The monoisotopic (exact) mass is 235 g/mol. The van der Waals surface area contributed by atoms with E-state index >= 15 is 0 Å². The largest absolute Gasteiger partial charge is 0.396 e. The molecule has 90 valence electrons. The summed E-state index contributed by atoms with van der Waals surface area (Å²) >= 11 is 0. The summed E-state index contributed by atoms with van der Waals surface area (Å²) in [5, 5.41) is 8.87. The van der Waals surface area contributed by atoms with Crippen molar-refractivity contribution in [3.8, 4) is 0 Å². The minimum atomic E-state index is -3.32. The molecular weight excluding hydrogens is 214 g/mol. The second-order valence-electron chi connectivity index (χ2n) is 4.62. The van der Waals surface area contributed by atoms with Gasteiger partial charge in [0.1, 0.15) is 0 Å². The zero-order valence-electron chi connectivity index (χ0n) is 9.66. The van der Waals surface area contributed by atoms with Crippen molar-refractivity contribution < 1.29 is 13.5 Å². The minimum absolute atomic E-state index is 0.0292. The van der Waals surface area contributed by atoms with Crippen molar-refractivity contribution in [2.45, 2.75) is 33.2 Å². The Morgan fingerprint density at radius 2 is 2.00 bits per heavy atom. The summed E-state index contributed by atoms with van der Waals surface area (Å²) in [6.45, 7) is 9.17. The van der Waals surface area contributed by atoms with Gasteiger partial charge in [-0.1, -0.05) is 26.8 Å². The normalized spacial score (nSPS) is 14.9. The van der Waals surface area contributed by atoms with E-state index in [2.05, 4.69) is 11.3 Å². The molecule has 2 N–H and O–H groups in total. The lowest BCUT2D eigenvalue weighted by Crippen LogP contribution is -2.44. The van der Waals surface area contributed by atoms with Gasteiger partial charge in [-0.2, -0.15) is 0 Å². The summed E-state index contributed by atoms with van der Waals surface area (Å²) in [6, 6.07) is -0.257. The van der Waals surface area contributed by atoms with Crippen LogP contribution in [0.25, 0.3) is 0 Å². The van der Waals surface area contributed by atoms with E-state index in [1.807, 2.05) is 20.8 Å². The molecule has 5 heteroatoms. The number of aliphatic hydroxyl groups excluding tert-OH is 1. The molecular formula is C10H21NO3S. The third-order valence-corrected chi connectivity index (χ3v) is 3.44. The highest BCUT2D eigenvalue weighted by Crippen LogP contribution is 2.22. The highest BCUT2D eigenvalue weighted by atomic mass is 32.2. The number of hydrogen-bond donors (Lipinski definition) is 2. The van der Waals surface area contributed by atoms with Gasteiger partial charge >= 0.3 is 0 Å². The molecule has 0 saturated carbocycles. The highest BCUT2D eigenvalue weighted by molar-refractivity contribution is 7.89. The Morgan fingerprint density at radius 3 is 2.33 bits per heavy atom. The minimum Gasteiger partial charge on any atom is -0.396 e. The molecule has 1 unspecified atom stereocenters. The Balaban J connectivity index is 4.62. The zero-order valence-corrected chi connectivity index (χ0v) is 10.5. The first-order valence-electron chi connectivity index (χ1n) is 4.94. The van der Waals surface area contributed by atoms with E-state index in [0.29, 0.717) is 6.42 Å². The van der Waals surface area contributed by atoms with Crippen molar-refractivity contribution in [2.24, 2.45) is 5.41 Å². The van der Waals surface area contributed by atoms with Gasteiger partial charge in [0.2, 0.25) is 10.0 Å². The van der Waals surface area contributed by atoms with E-state index in [9.17, 15) is 8.42 Å². The number of hydrogen-bond acceptors (Lipinski definition) is 3. The average molecular weight is 235 g/mol. The van der Waals surface area contributed by atoms with E-state index in [1.54, 1.807) is 0 Å². The molecule has 0 aromatic carbocycles. The Hall–Kier alpha value is -0.390. The fourth-order valence-corrected chi connectivity index (χ4v) is 2.53. The van der Waals surface area contributed by atoms with Gasteiger partial charge in [-0.15, -0.1) is 6.58 Å². The first-order valence-corrected chi connectivity index (χ1v) is 6.60. The molecule has 0 aliphatic heterocycles. The van der Waals surface area contributed by atoms with Gasteiger partial charge in [-0.25, -0.2) is 13.1 Å². The summed E-state index contributed by atoms with van der Waals surface area (Å²) in [7, 11) is -3.32. The number of aliphatic hydroxyl groups is 1. The molecule has 4 nitrogen and oxygen atoms in total. The highest BCUT2D eigenvalue weighted by Gasteiger charge is 2.27. The summed E-state index contributed by atoms with van der Waals surface area (Å²) in [5.41, 5.74) is -0.211. The maximum Gasteiger partial charge on any atom is 0.215 e. The number of rotatable bonds is 6. The zero-order chi connectivity index (χ0) is 12.1. The maximum absolute atomic E-state index is 11.5. The van der Waals surface area contributed by atoms with E-state index in [1.165, 1.54) is 6.08 Å². The summed E-state index contributed by atoms with van der Waals surface area (Å²) < 4.78 is 25.6. The summed E-state index contributed by atoms with van der Waals surface area (Å²) in [6.07, 6.45) is 1.76. The van der Waals surface area contributed by atoms with Gasteiger partial charge in [0, 0.05) is 12.6 Å². The molecule has 0 saturated heterocycles. The average Bonchev–Trinajstić information content (AvgIpc) is 2.01. The predicted octanol–water partition coefficient (Wildman–Crippen LogP) is 0.889. The van der Waals surface area contributed by atoms with Gasteiger partial charge in [0.15, 0.2) is 0 Å². The Labute approximate surface area is 92.4 Å². The second-order valence-corrected chi connectivity index (χ2v) is 6.42. The third kappa shape index (κ3) is 5.92. The predicted molar refractivity (Wildman–Crippen MR) is 62.1 cm³/mol. The molecule has 0 aromatic rings. The van der Waals surface area contributed by atoms with Crippen LogP contribution in [0, 0.1) is 5.41 Å². The van der Waals surface area contributed by atoms with Crippen LogP contribution in [0.1, 0.15) is 27.2 Å². The van der Waals surface area contributed by atoms with Gasteiger partial charge in [-0.3, -0.25) is 0 Å². The van der Waals surface area contributed by atoms with Gasteiger partial charge in [0.25, 0.3) is 0 Å². The summed E-state index contributed by atoms with van der Waals surface area (Å²) in [4.78, 5) is 0. The molecule has 0 aliphatic carbocycles. The molecule has 0 heterocycles. The van der Waals surface area contributed by atoms with E-state index in [-0.39, 0.29) is 23.8 Å². The van der Waals surface area contributed by atoms with E-state index < -0.39 is 10.0 Å². The molecule has 0 fully saturated rings. The lowest BCUT2D eigenvalue weighted by molar-refractivity contribution is 0.214. The number of sulfonamides is 1. The SMILES string of the molecule is C=CCS(=O)(=O)NC(CCO)C(C)(C)C. The Morgan fingerprint density at radius 1 is 1.47 bits per heavy atom. The van der Waals surface area contributed by atoms with Gasteiger partial charge in [-0.05, 0) is 11.8 Å². The quantitative estimate of drug-likeness (QED) is 0.672. The van der Waals surface area contributed by atoms with Crippen molar-refractivity contribution in [3.05, 3.63) is 12.7 Å². The van der Waals surface area contributed by atoms with Crippen molar-refractivity contribution in [2.75, 3.05) is 12.4 Å². The van der Waals surface area contributed by atoms with Crippen molar-refractivity contribution in [1.82, 2.24) is 4.72 Å². The molecule has 0 aliphatic rings. The van der Waals surface area contributed by atoms with Crippen LogP contribution in [0.2, 0.25) is 0 Å². The second kappa shape index (κ2) is 5.63.